The van der Waals surface area contributed by atoms with Crippen LogP contribution in [0.4, 0.5) is 0 Å². The molecule has 1 N–H and O–H groups in total. The number of nitrogens with one attached hydrogen (secondary N) is 1. The van der Waals surface area contributed by atoms with E-state index >= 15 is 0 Å². The fourth-order valence-corrected chi connectivity index (χ4v) is 1.66. The average Bonchev–Trinajstić information content (AvgIpc) is 2.29. The fourth-order valence-electron chi connectivity index (χ4n) is 1.25. The lowest BCUT2D eigenvalue weighted by Crippen LogP contribution is -2.24. The van der Waals surface area contributed by atoms with Crippen LogP contribution in [-0.4, -0.2) is 12.2 Å². The molecule has 0 unspecified atom stereocenters. The van der Waals surface area contributed by atoms with E-state index in [-0.39, 0.29) is 11.9 Å². The highest BCUT2D eigenvalue weighted by atomic mass is 32.2. The van der Waals surface area contributed by atoms with E-state index in [1.165, 1.54) is 11.0 Å². The molecule has 15 heavy (non-hydrogen) atoms. The van der Waals surface area contributed by atoms with Gasteiger partial charge in [0.2, 0.25) is 5.91 Å². The van der Waals surface area contributed by atoms with Crippen molar-refractivity contribution in [3.63, 3.8) is 0 Å². The molecule has 80 valence electrons. The summed E-state index contributed by atoms with van der Waals surface area (Å²) < 4.78 is 0. The van der Waals surface area contributed by atoms with Crippen LogP contribution in [0.25, 0.3) is 0 Å². The van der Waals surface area contributed by atoms with Crippen LogP contribution < -0.4 is 5.32 Å². The van der Waals surface area contributed by atoms with Crippen molar-refractivity contribution in [2.24, 2.45) is 0 Å². The maximum absolute atomic E-state index is 11.1. The van der Waals surface area contributed by atoms with Gasteiger partial charge in [-0.05, 0) is 37.0 Å². The third-order valence-electron chi connectivity index (χ3n) is 2.16. The zero-order valence-electron chi connectivity index (χ0n) is 8.99. The smallest absolute Gasteiger partial charge is 0.243 e. The highest BCUT2D eigenvalue weighted by Gasteiger charge is 2.06. The molecule has 0 saturated carbocycles. The minimum Gasteiger partial charge on any atom is -0.346 e. The molecule has 0 spiro atoms. The molecule has 1 aromatic carbocycles. The first-order valence-corrected chi connectivity index (χ1v) is 5.96. The molecular formula is C12H15NOS. The van der Waals surface area contributed by atoms with Gasteiger partial charge in [0.05, 0.1) is 6.04 Å². The summed E-state index contributed by atoms with van der Waals surface area (Å²) in [5.41, 5.74) is 1.10. The van der Waals surface area contributed by atoms with Gasteiger partial charge in [-0.3, -0.25) is 4.79 Å². The van der Waals surface area contributed by atoms with Crippen molar-refractivity contribution in [3.05, 3.63) is 42.5 Å². The third-order valence-corrected chi connectivity index (χ3v) is 2.90. The van der Waals surface area contributed by atoms with Crippen LogP contribution in [0.2, 0.25) is 0 Å². The number of carbonyl (C=O) groups excluding carboxylic acids is 1. The van der Waals surface area contributed by atoms with Crippen molar-refractivity contribution in [2.75, 3.05) is 6.26 Å². The average molecular weight is 221 g/mol. The number of thioether (sulfide) groups is 1. The van der Waals surface area contributed by atoms with Gasteiger partial charge in [-0.2, -0.15) is 0 Å². The lowest BCUT2D eigenvalue weighted by atomic mass is 10.1. The molecule has 0 aromatic heterocycles. The standard InChI is InChI=1S/C12H15NOS/c1-4-12(14)13-9(2)10-5-7-11(15-3)8-6-10/h4-9H,1H2,2-3H3,(H,13,14)/t9-/m1/s1. The molecule has 0 radical (unpaired) electrons. The summed E-state index contributed by atoms with van der Waals surface area (Å²) in [5, 5.41) is 2.82. The number of carbonyl (C=O) groups is 1. The molecule has 1 atom stereocenters. The van der Waals surface area contributed by atoms with Gasteiger partial charge in [0.15, 0.2) is 0 Å². The van der Waals surface area contributed by atoms with Crippen LogP contribution in [0.5, 0.6) is 0 Å². The molecule has 0 saturated heterocycles. The van der Waals surface area contributed by atoms with Crippen molar-refractivity contribution >= 4 is 17.7 Å². The Bertz CT molecular complexity index is 345. The van der Waals surface area contributed by atoms with E-state index in [4.69, 9.17) is 0 Å². The number of amides is 1. The van der Waals surface area contributed by atoms with Crippen molar-refractivity contribution in [2.45, 2.75) is 17.9 Å². The maximum atomic E-state index is 11.1. The van der Waals surface area contributed by atoms with Gasteiger partial charge >= 0.3 is 0 Å². The zero-order chi connectivity index (χ0) is 11.3. The summed E-state index contributed by atoms with van der Waals surface area (Å²) in [6.07, 6.45) is 3.32. The second kappa shape index (κ2) is 5.61. The monoisotopic (exact) mass is 221 g/mol. The van der Waals surface area contributed by atoms with Gasteiger partial charge in [-0.15, -0.1) is 11.8 Å². The van der Waals surface area contributed by atoms with Gasteiger partial charge in [-0.1, -0.05) is 18.7 Å². The molecule has 0 aliphatic heterocycles. The summed E-state index contributed by atoms with van der Waals surface area (Å²) in [5.74, 6) is -0.142. The third kappa shape index (κ3) is 3.44. The maximum Gasteiger partial charge on any atom is 0.243 e. The number of hydrogen-bond donors (Lipinski definition) is 1. The minimum absolute atomic E-state index is 0.0198. The van der Waals surface area contributed by atoms with E-state index in [1.54, 1.807) is 11.8 Å². The topological polar surface area (TPSA) is 29.1 Å². The van der Waals surface area contributed by atoms with Crippen LogP contribution >= 0.6 is 11.8 Å². The van der Waals surface area contributed by atoms with E-state index < -0.39 is 0 Å². The van der Waals surface area contributed by atoms with Crippen LogP contribution in [0.1, 0.15) is 18.5 Å². The Balaban J connectivity index is 2.69. The van der Waals surface area contributed by atoms with Crippen molar-refractivity contribution < 1.29 is 4.79 Å². The Morgan fingerprint density at radius 2 is 2.07 bits per heavy atom. The summed E-state index contributed by atoms with van der Waals surface area (Å²) in [6, 6.07) is 8.18. The lowest BCUT2D eigenvalue weighted by Gasteiger charge is -2.13. The van der Waals surface area contributed by atoms with E-state index in [1.807, 2.05) is 25.3 Å². The van der Waals surface area contributed by atoms with Gasteiger partial charge in [0.1, 0.15) is 0 Å². The second-order valence-corrected chi connectivity index (χ2v) is 4.09. The quantitative estimate of drug-likeness (QED) is 0.625. The molecule has 0 aliphatic carbocycles. The van der Waals surface area contributed by atoms with Crippen molar-refractivity contribution in [1.82, 2.24) is 5.32 Å². The van der Waals surface area contributed by atoms with E-state index in [9.17, 15) is 4.79 Å². The van der Waals surface area contributed by atoms with Crippen LogP contribution in [-0.2, 0) is 4.79 Å². The van der Waals surface area contributed by atoms with Gasteiger partial charge in [-0.25, -0.2) is 0 Å². The van der Waals surface area contributed by atoms with Crippen LogP contribution in [0.15, 0.2) is 41.8 Å². The Labute approximate surface area is 94.8 Å². The largest absolute Gasteiger partial charge is 0.346 e. The van der Waals surface area contributed by atoms with Gasteiger partial charge in [0, 0.05) is 4.90 Å². The van der Waals surface area contributed by atoms with E-state index in [2.05, 4.69) is 24.0 Å². The van der Waals surface area contributed by atoms with E-state index in [0.717, 1.165) is 5.56 Å². The molecule has 0 heterocycles. The van der Waals surface area contributed by atoms with Crippen LogP contribution in [0, 0.1) is 0 Å². The first-order valence-electron chi connectivity index (χ1n) is 4.74. The predicted molar refractivity (Wildman–Crippen MR) is 65.0 cm³/mol. The Morgan fingerprint density at radius 3 is 2.53 bits per heavy atom. The highest BCUT2D eigenvalue weighted by Crippen LogP contribution is 2.18. The lowest BCUT2D eigenvalue weighted by molar-refractivity contribution is -0.117. The number of rotatable bonds is 4. The normalized spacial score (nSPS) is 11.9. The Hall–Kier alpha value is -1.22. The van der Waals surface area contributed by atoms with Gasteiger partial charge < -0.3 is 5.32 Å². The van der Waals surface area contributed by atoms with Crippen molar-refractivity contribution in [1.29, 1.82) is 0 Å². The fraction of sp³-hybridized carbons (Fsp3) is 0.250. The van der Waals surface area contributed by atoms with Gasteiger partial charge in [0.25, 0.3) is 0 Å². The van der Waals surface area contributed by atoms with E-state index in [0.29, 0.717) is 0 Å². The molecule has 0 aliphatic rings. The Morgan fingerprint density at radius 1 is 1.47 bits per heavy atom. The summed E-state index contributed by atoms with van der Waals surface area (Å²) in [7, 11) is 0. The SMILES string of the molecule is C=CC(=O)N[C@H](C)c1ccc(SC)cc1. The Kier molecular flexibility index (Phi) is 4.43. The highest BCUT2D eigenvalue weighted by molar-refractivity contribution is 7.98. The first kappa shape index (κ1) is 11.9. The molecule has 1 rings (SSSR count). The zero-order valence-corrected chi connectivity index (χ0v) is 9.80. The van der Waals surface area contributed by atoms with Crippen molar-refractivity contribution in [3.8, 4) is 0 Å². The number of benzene rings is 1. The summed E-state index contributed by atoms with van der Waals surface area (Å²) in [4.78, 5) is 12.3. The molecule has 3 heteroatoms. The molecular weight excluding hydrogens is 206 g/mol. The molecule has 1 aromatic rings. The molecule has 0 fully saturated rings. The first-order chi connectivity index (χ1) is 7.17. The second-order valence-electron chi connectivity index (χ2n) is 3.21. The molecule has 2 nitrogen and oxygen atoms in total. The molecule has 1 amide bonds. The minimum atomic E-state index is -0.142. The molecule has 0 bridgehead atoms. The van der Waals surface area contributed by atoms with Crippen LogP contribution in [0.3, 0.4) is 0 Å². The summed E-state index contributed by atoms with van der Waals surface area (Å²) >= 11 is 1.70. The number of hydrogen-bond acceptors (Lipinski definition) is 2. The predicted octanol–water partition coefficient (Wildman–Crippen LogP) is 2.77. The summed E-state index contributed by atoms with van der Waals surface area (Å²) in [6.45, 7) is 5.37.